The first-order chi connectivity index (χ1) is 14.6. The summed E-state index contributed by atoms with van der Waals surface area (Å²) in [6.45, 7) is 4.65. The molecule has 0 saturated carbocycles. The first-order valence-corrected chi connectivity index (χ1v) is 10.8. The van der Waals surface area contributed by atoms with E-state index in [0.29, 0.717) is 12.3 Å². The van der Waals surface area contributed by atoms with Crippen LogP contribution in [0.2, 0.25) is 0 Å². The molecule has 0 fully saturated rings. The summed E-state index contributed by atoms with van der Waals surface area (Å²) in [5, 5.41) is 9.25. The number of rotatable bonds is 6. The van der Waals surface area contributed by atoms with Crippen LogP contribution in [0.25, 0.3) is 11.1 Å². The molecule has 1 aliphatic rings. The molecule has 0 radical (unpaired) electrons. The van der Waals surface area contributed by atoms with Crippen LogP contribution in [-0.4, -0.2) is 18.8 Å². The van der Waals surface area contributed by atoms with Crippen molar-refractivity contribution in [2.45, 2.75) is 39.0 Å². The van der Waals surface area contributed by atoms with E-state index >= 15 is 0 Å². The van der Waals surface area contributed by atoms with Crippen molar-refractivity contribution in [1.82, 2.24) is 0 Å². The Balaban J connectivity index is 1.86. The number of aryl methyl sites for hydroxylation is 1. The summed E-state index contributed by atoms with van der Waals surface area (Å²) >= 11 is 0. The Kier molecular flexibility index (Phi) is 6.06. The molecule has 0 aliphatic heterocycles. The molecule has 0 spiro atoms. The highest BCUT2D eigenvalue weighted by Gasteiger charge is 2.22. The van der Waals surface area contributed by atoms with Gasteiger partial charge in [0, 0.05) is 6.61 Å². The van der Waals surface area contributed by atoms with Crippen LogP contribution in [0.4, 0.5) is 0 Å². The van der Waals surface area contributed by atoms with Gasteiger partial charge in [-0.1, -0.05) is 68.4 Å². The summed E-state index contributed by atoms with van der Waals surface area (Å²) < 4.78 is 5.47. The average molecular weight is 399 g/mol. The molecule has 2 nitrogen and oxygen atoms in total. The molecule has 30 heavy (non-hydrogen) atoms. The highest BCUT2D eigenvalue weighted by molar-refractivity contribution is 6.00. The number of fused-ring (bicyclic) bond motifs is 1. The van der Waals surface area contributed by atoms with E-state index in [2.05, 4.69) is 80.6 Å². The van der Waals surface area contributed by atoms with Gasteiger partial charge in [0.1, 0.15) is 5.75 Å². The molecule has 0 atom stereocenters. The second-order valence-electron chi connectivity index (χ2n) is 8.32. The Bertz CT molecular complexity index is 1040. The first-order valence-electron chi connectivity index (χ1n) is 10.8. The lowest BCUT2D eigenvalue weighted by molar-refractivity contribution is 0.299. The standard InChI is InChI=1S/C28H30O2/c1-19(2)21-8-10-22(11-9-21)26-14-12-24-18-25(30-3)13-15-27(24)28(26)23-6-4-20(5-7-23)16-17-29/h4-11,13,15,18-19,29H,12,14,16-17H2,1-3H3. The number of hydrogen-bond donors (Lipinski definition) is 1. The summed E-state index contributed by atoms with van der Waals surface area (Å²) in [7, 11) is 1.73. The van der Waals surface area contributed by atoms with Gasteiger partial charge >= 0.3 is 0 Å². The van der Waals surface area contributed by atoms with E-state index in [4.69, 9.17) is 4.74 Å². The first kappa shape index (κ1) is 20.4. The van der Waals surface area contributed by atoms with E-state index in [1.54, 1.807) is 7.11 Å². The maximum Gasteiger partial charge on any atom is 0.119 e. The SMILES string of the molecule is COc1ccc2c(c1)CCC(c1ccc(C(C)C)cc1)=C2c1ccc(CCO)cc1. The summed E-state index contributed by atoms with van der Waals surface area (Å²) in [5.74, 6) is 1.45. The fraction of sp³-hybridized carbons (Fsp3) is 0.286. The number of hydrogen-bond acceptors (Lipinski definition) is 2. The van der Waals surface area contributed by atoms with E-state index in [1.807, 2.05) is 0 Å². The lowest BCUT2D eigenvalue weighted by Gasteiger charge is -2.25. The van der Waals surface area contributed by atoms with Crippen molar-refractivity contribution in [1.29, 1.82) is 0 Å². The highest BCUT2D eigenvalue weighted by atomic mass is 16.5. The van der Waals surface area contributed by atoms with Gasteiger partial charge in [-0.2, -0.15) is 0 Å². The van der Waals surface area contributed by atoms with Gasteiger partial charge in [-0.3, -0.25) is 0 Å². The van der Waals surface area contributed by atoms with Gasteiger partial charge in [0.15, 0.2) is 0 Å². The van der Waals surface area contributed by atoms with Gasteiger partial charge in [-0.05, 0) is 81.8 Å². The summed E-state index contributed by atoms with van der Waals surface area (Å²) in [4.78, 5) is 0. The lowest BCUT2D eigenvalue weighted by Crippen LogP contribution is -2.07. The molecular formula is C28H30O2. The summed E-state index contributed by atoms with van der Waals surface area (Å²) in [6.07, 6.45) is 2.71. The largest absolute Gasteiger partial charge is 0.497 e. The monoisotopic (exact) mass is 398 g/mol. The zero-order chi connectivity index (χ0) is 21.1. The molecule has 1 aliphatic carbocycles. The van der Waals surface area contributed by atoms with Crippen LogP contribution in [0.5, 0.6) is 5.75 Å². The van der Waals surface area contributed by atoms with Crippen molar-refractivity contribution in [3.8, 4) is 5.75 Å². The van der Waals surface area contributed by atoms with Gasteiger partial charge in [0.25, 0.3) is 0 Å². The van der Waals surface area contributed by atoms with Crippen LogP contribution < -0.4 is 4.74 Å². The number of aliphatic hydroxyl groups is 1. The molecule has 3 aromatic carbocycles. The summed E-state index contributed by atoms with van der Waals surface area (Å²) in [6, 6.07) is 24.2. The van der Waals surface area contributed by atoms with Crippen LogP contribution >= 0.6 is 0 Å². The predicted molar refractivity (Wildman–Crippen MR) is 125 cm³/mol. The minimum atomic E-state index is 0.179. The smallest absolute Gasteiger partial charge is 0.119 e. The Morgan fingerprint density at radius 1 is 0.867 bits per heavy atom. The fourth-order valence-corrected chi connectivity index (χ4v) is 4.35. The molecule has 0 bridgehead atoms. The van der Waals surface area contributed by atoms with Crippen molar-refractivity contribution < 1.29 is 9.84 Å². The second kappa shape index (κ2) is 8.89. The van der Waals surface area contributed by atoms with E-state index in [9.17, 15) is 5.11 Å². The van der Waals surface area contributed by atoms with Gasteiger partial charge in [-0.15, -0.1) is 0 Å². The van der Waals surface area contributed by atoms with E-state index in [-0.39, 0.29) is 6.61 Å². The third-order valence-electron chi connectivity index (χ3n) is 6.10. The molecule has 2 heteroatoms. The molecule has 3 aromatic rings. The molecule has 0 saturated heterocycles. The number of aliphatic hydroxyl groups excluding tert-OH is 1. The number of allylic oxidation sites excluding steroid dienone is 1. The quantitative estimate of drug-likeness (QED) is 0.531. The van der Waals surface area contributed by atoms with Gasteiger partial charge < -0.3 is 9.84 Å². The van der Waals surface area contributed by atoms with E-state index in [0.717, 1.165) is 24.2 Å². The molecule has 0 aromatic heterocycles. The van der Waals surface area contributed by atoms with Crippen LogP contribution in [0.3, 0.4) is 0 Å². The molecule has 154 valence electrons. The Morgan fingerprint density at radius 3 is 2.20 bits per heavy atom. The average Bonchev–Trinajstić information content (AvgIpc) is 2.79. The molecule has 1 N–H and O–H groups in total. The van der Waals surface area contributed by atoms with Crippen LogP contribution in [-0.2, 0) is 12.8 Å². The highest BCUT2D eigenvalue weighted by Crippen LogP contribution is 2.42. The third-order valence-corrected chi connectivity index (χ3v) is 6.10. The predicted octanol–water partition coefficient (Wildman–Crippen LogP) is 6.26. The number of benzene rings is 3. The zero-order valence-electron chi connectivity index (χ0n) is 18.1. The second-order valence-corrected chi connectivity index (χ2v) is 8.32. The normalized spacial score (nSPS) is 13.5. The topological polar surface area (TPSA) is 29.5 Å². The molecule has 0 amide bonds. The van der Waals surface area contributed by atoms with Crippen molar-refractivity contribution in [2.24, 2.45) is 0 Å². The van der Waals surface area contributed by atoms with Crippen molar-refractivity contribution in [3.05, 3.63) is 100 Å². The Morgan fingerprint density at radius 2 is 1.57 bits per heavy atom. The Labute approximate surface area is 179 Å². The van der Waals surface area contributed by atoms with Crippen LogP contribution in [0, 0.1) is 0 Å². The molecule has 4 rings (SSSR count). The van der Waals surface area contributed by atoms with Crippen molar-refractivity contribution in [3.63, 3.8) is 0 Å². The van der Waals surface area contributed by atoms with Crippen molar-refractivity contribution in [2.75, 3.05) is 13.7 Å². The molecule has 0 heterocycles. The molecular weight excluding hydrogens is 368 g/mol. The van der Waals surface area contributed by atoms with Gasteiger partial charge in [-0.25, -0.2) is 0 Å². The van der Waals surface area contributed by atoms with Crippen LogP contribution in [0.1, 0.15) is 59.6 Å². The molecule has 0 unspecified atom stereocenters. The third kappa shape index (κ3) is 4.06. The number of ether oxygens (including phenoxy) is 1. The van der Waals surface area contributed by atoms with Crippen molar-refractivity contribution >= 4 is 11.1 Å². The van der Waals surface area contributed by atoms with Gasteiger partial charge in [0.05, 0.1) is 7.11 Å². The number of methoxy groups -OCH3 is 1. The van der Waals surface area contributed by atoms with E-state index in [1.165, 1.54) is 39.0 Å². The minimum Gasteiger partial charge on any atom is -0.497 e. The zero-order valence-corrected chi connectivity index (χ0v) is 18.1. The Hall–Kier alpha value is -2.84. The maximum atomic E-state index is 9.25. The summed E-state index contributed by atoms with van der Waals surface area (Å²) in [5.41, 5.74) is 10.4. The fourth-order valence-electron chi connectivity index (χ4n) is 4.35. The van der Waals surface area contributed by atoms with Gasteiger partial charge in [0.2, 0.25) is 0 Å². The van der Waals surface area contributed by atoms with Crippen LogP contribution in [0.15, 0.2) is 66.7 Å². The maximum absolute atomic E-state index is 9.25. The minimum absolute atomic E-state index is 0.179. The lowest BCUT2D eigenvalue weighted by atomic mass is 9.79. The van der Waals surface area contributed by atoms with E-state index < -0.39 is 0 Å².